The van der Waals surface area contributed by atoms with Crippen LogP contribution in [0.15, 0.2) is 77.9 Å². The van der Waals surface area contributed by atoms with Crippen molar-refractivity contribution in [3.05, 3.63) is 89.1 Å². The maximum Gasteiger partial charge on any atom is 0.232 e. The summed E-state index contributed by atoms with van der Waals surface area (Å²) >= 11 is 0. The Hall–Kier alpha value is -4.07. The zero-order chi connectivity index (χ0) is 23.2. The van der Waals surface area contributed by atoms with Crippen LogP contribution in [0.3, 0.4) is 0 Å². The number of benzene rings is 2. The van der Waals surface area contributed by atoms with Gasteiger partial charge in [0, 0.05) is 29.9 Å². The molecule has 1 amide bonds. The number of carbonyl (C=O) groups excluding carboxylic acids is 1. The average Bonchev–Trinajstić information content (AvgIpc) is 3.40. The number of rotatable bonds is 4. The van der Waals surface area contributed by atoms with Crippen LogP contribution in [0.5, 0.6) is 0 Å². The second kappa shape index (κ2) is 7.81. The molecule has 0 aliphatic carbocycles. The molecule has 0 N–H and O–H groups in total. The highest BCUT2D eigenvalue weighted by atomic mass is 19.1. The Kier molecular flexibility index (Phi) is 4.92. The largest absolute Gasteiger partial charge is 0.312 e. The fraction of sp³-hybridized carbons (Fsp3) is 0.200. The molecule has 166 valence electrons. The summed E-state index contributed by atoms with van der Waals surface area (Å²) in [5.41, 5.74) is 1.37. The number of carbonyl (C=O) groups is 1. The predicted molar refractivity (Wildman–Crippen MR) is 123 cm³/mol. The van der Waals surface area contributed by atoms with Crippen LogP contribution in [0.2, 0.25) is 0 Å². The van der Waals surface area contributed by atoms with E-state index in [1.165, 1.54) is 23.0 Å². The highest BCUT2D eigenvalue weighted by Gasteiger charge is 2.39. The first-order chi connectivity index (χ1) is 15.8. The fourth-order valence-electron chi connectivity index (χ4n) is 4.04. The van der Waals surface area contributed by atoms with Crippen LogP contribution in [-0.2, 0) is 4.79 Å². The Morgan fingerprint density at radius 2 is 1.76 bits per heavy atom. The number of amides is 1. The number of anilines is 1. The third-order valence-corrected chi connectivity index (χ3v) is 5.97. The minimum Gasteiger partial charge on any atom is -0.312 e. The molecule has 7 nitrogen and oxygen atoms in total. The topological polar surface area (TPSA) is 73.0 Å². The molecule has 1 aliphatic heterocycles. The van der Waals surface area contributed by atoms with Gasteiger partial charge >= 0.3 is 0 Å². The average molecular weight is 443 g/mol. The first kappa shape index (κ1) is 20.8. The van der Waals surface area contributed by atoms with Gasteiger partial charge in [0.2, 0.25) is 11.3 Å². The highest BCUT2D eigenvalue weighted by Crippen LogP contribution is 2.34. The van der Waals surface area contributed by atoms with Crippen molar-refractivity contribution >= 4 is 11.6 Å². The molecule has 0 bridgehead atoms. The number of nitrogens with zero attached hydrogens (tertiary/aromatic N) is 5. The van der Waals surface area contributed by atoms with Crippen LogP contribution < -0.4 is 10.3 Å². The summed E-state index contributed by atoms with van der Waals surface area (Å²) < 4.78 is 18.1. The summed E-state index contributed by atoms with van der Waals surface area (Å²) in [5.74, 6) is -0.559. The maximum atomic E-state index is 15.1. The van der Waals surface area contributed by atoms with Crippen molar-refractivity contribution in [1.29, 1.82) is 0 Å². The van der Waals surface area contributed by atoms with Crippen molar-refractivity contribution in [1.82, 2.24) is 19.6 Å². The monoisotopic (exact) mass is 443 g/mol. The van der Waals surface area contributed by atoms with Gasteiger partial charge in [-0.1, -0.05) is 32.0 Å². The predicted octanol–water partition coefficient (Wildman–Crippen LogP) is 3.99. The number of hydrogen-bond acceptors (Lipinski definition) is 4. The SMILES string of the molecule is CC1(C)CCN(c2ccc(-n3ccc(=O)c(-c4ccnn4-c4ccccc4)n3)c(F)c2)C1=O. The van der Waals surface area contributed by atoms with Crippen LogP contribution in [-0.4, -0.2) is 32.0 Å². The molecule has 0 unspecified atom stereocenters. The smallest absolute Gasteiger partial charge is 0.232 e. The second-order valence-electron chi connectivity index (χ2n) is 8.66. The van der Waals surface area contributed by atoms with Crippen molar-refractivity contribution in [2.45, 2.75) is 20.3 Å². The molecule has 4 aromatic rings. The standard InChI is InChI=1S/C25H22FN5O2/c1-25(2)12-15-29(24(25)33)18-8-9-20(19(26)16-18)30-14-11-22(32)23(28-30)21-10-13-27-31(21)17-6-4-3-5-7-17/h3-11,13-14,16H,12,15H2,1-2H3. The van der Waals surface area contributed by atoms with Crippen molar-refractivity contribution in [3.63, 3.8) is 0 Å². The minimum atomic E-state index is -0.538. The molecule has 1 saturated heterocycles. The lowest BCUT2D eigenvalue weighted by Crippen LogP contribution is -2.30. The van der Waals surface area contributed by atoms with E-state index in [0.717, 1.165) is 12.1 Å². The highest BCUT2D eigenvalue weighted by molar-refractivity contribution is 5.99. The fourth-order valence-corrected chi connectivity index (χ4v) is 4.04. The Morgan fingerprint density at radius 3 is 2.45 bits per heavy atom. The molecule has 0 saturated carbocycles. The van der Waals surface area contributed by atoms with E-state index in [2.05, 4.69) is 10.2 Å². The Bertz CT molecular complexity index is 1410. The molecule has 0 atom stereocenters. The molecule has 0 radical (unpaired) electrons. The van der Waals surface area contributed by atoms with Crippen molar-refractivity contribution < 1.29 is 9.18 Å². The molecule has 1 fully saturated rings. The number of para-hydroxylation sites is 1. The van der Waals surface area contributed by atoms with Gasteiger partial charge in [-0.3, -0.25) is 9.59 Å². The molecule has 2 aromatic carbocycles. The van der Waals surface area contributed by atoms with Crippen LogP contribution in [0.4, 0.5) is 10.1 Å². The number of aromatic nitrogens is 4. The van der Waals surface area contributed by atoms with Crippen LogP contribution in [0, 0.1) is 11.2 Å². The van der Waals surface area contributed by atoms with Gasteiger partial charge in [0.15, 0.2) is 11.5 Å². The van der Waals surface area contributed by atoms with E-state index in [1.54, 1.807) is 34.0 Å². The van der Waals surface area contributed by atoms with E-state index in [-0.39, 0.29) is 22.7 Å². The lowest BCUT2D eigenvalue weighted by Gasteiger charge is -2.20. The molecular weight excluding hydrogens is 421 g/mol. The van der Waals surface area contributed by atoms with Gasteiger partial charge in [-0.2, -0.15) is 10.2 Å². The zero-order valence-corrected chi connectivity index (χ0v) is 18.3. The zero-order valence-electron chi connectivity index (χ0n) is 18.3. The Balaban J connectivity index is 1.53. The summed E-state index contributed by atoms with van der Waals surface area (Å²) in [6.45, 7) is 4.34. The van der Waals surface area contributed by atoms with Crippen molar-refractivity contribution in [2.75, 3.05) is 11.4 Å². The van der Waals surface area contributed by atoms with Gasteiger partial charge in [0.25, 0.3) is 0 Å². The van der Waals surface area contributed by atoms with Gasteiger partial charge in [0.1, 0.15) is 5.69 Å². The molecule has 3 heterocycles. The first-order valence-corrected chi connectivity index (χ1v) is 10.7. The van der Waals surface area contributed by atoms with Crippen molar-refractivity contribution in [2.24, 2.45) is 5.41 Å². The molecule has 2 aromatic heterocycles. The third-order valence-electron chi connectivity index (χ3n) is 5.97. The van der Waals surface area contributed by atoms with E-state index in [0.29, 0.717) is 17.9 Å². The summed E-state index contributed by atoms with van der Waals surface area (Å²) in [5, 5.41) is 8.74. The van der Waals surface area contributed by atoms with Gasteiger partial charge in [-0.25, -0.2) is 13.8 Å². The van der Waals surface area contributed by atoms with Gasteiger partial charge in [-0.05, 0) is 42.8 Å². The molecule has 1 aliphatic rings. The molecule has 33 heavy (non-hydrogen) atoms. The molecule has 5 rings (SSSR count). The summed E-state index contributed by atoms with van der Waals surface area (Å²) in [4.78, 5) is 26.8. The van der Waals surface area contributed by atoms with E-state index in [9.17, 15) is 9.59 Å². The first-order valence-electron chi connectivity index (χ1n) is 10.7. The van der Waals surface area contributed by atoms with E-state index in [4.69, 9.17) is 0 Å². The lowest BCUT2D eigenvalue weighted by atomic mass is 9.92. The summed E-state index contributed by atoms with van der Waals surface area (Å²) in [6, 6.07) is 17.0. The Morgan fingerprint density at radius 1 is 0.970 bits per heavy atom. The van der Waals surface area contributed by atoms with E-state index in [1.807, 2.05) is 44.2 Å². The lowest BCUT2D eigenvalue weighted by molar-refractivity contribution is -0.123. The maximum absolute atomic E-state index is 15.1. The Labute approximate surface area is 189 Å². The molecule has 8 heteroatoms. The van der Waals surface area contributed by atoms with Gasteiger partial charge in [-0.15, -0.1) is 0 Å². The second-order valence-corrected chi connectivity index (χ2v) is 8.66. The van der Waals surface area contributed by atoms with Gasteiger partial charge < -0.3 is 4.90 Å². The number of hydrogen-bond donors (Lipinski definition) is 0. The normalized spacial score (nSPS) is 15.2. The molecule has 0 spiro atoms. The van der Waals surface area contributed by atoms with Crippen molar-refractivity contribution in [3.8, 4) is 22.8 Å². The van der Waals surface area contributed by atoms with E-state index < -0.39 is 11.2 Å². The van der Waals surface area contributed by atoms with Crippen LogP contribution >= 0.6 is 0 Å². The van der Waals surface area contributed by atoms with Crippen LogP contribution in [0.1, 0.15) is 20.3 Å². The summed E-state index contributed by atoms with van der Waals surface area (Å²) in [7, 11) is 0. The van der Waals surface area contributed by atoms with Gasteiger partial charge in [0.05, 0.1) is 17.6 Å². The third kappa shape index (κ3) is 3.63. The summed E-state index contributed by atoms with van der Waals surface area (Å²) in [6.07, 6.45) is 3.73. The number of halogens is 1. The molecular formula is C25H22FN5O2. The quantitative estimate of drug-likeness (QED) is 0.478. The van der Waals surface area contributed by atoms with Crippen LogP contribution in [0.25, 0.3) is 22.8 Å². The minimum absolute atomic E-state index is 0.0207. The van der Waals surface area contributed by atoms with E-state index >= 15 is 4.39 Å².